The Hall–Kier alpha value is -1.23. The molecule has 0 bridgehead atoms. The van der Waals surface area contributed by atoms with Crippen molar-refractivity contribution in [2.75, 3.05) is 7.11 Å². The second-order valence-electron chi connectivity index (χ2n) is 6.49. The van der Waals surface area contributed by atoms with Crippen molar-refractivity contribution in [2.45, 2.75) is 58.2 Å². The van der Waals surface area contributed by atoms with Crippen LogP contribution in [0.1, 0.15) is 43.9 Å². The van der Waals surface area contributed by atoms with Gasteiger partial charge >= 0.3 is 6.18 Å². The Morgan fingerprint density at radius 2 is 1.62 bits per heavy atom. The molecular formula is C16H23F3O2. The Morgan fingerprint density at radius 1 is 1.10 bits per heavy atom. The molecule has 21 heavy (non-hydrogen) atoms. The molecule has 0 saturated carbocycles. The molecule has 2 nitrogen and oxygen atoms in total. The zero-order valence-electron chi connectivity index (χ0n) is 13.4. The number of rotatable bonds is 4. The van der Waals surface area contributed by atoms with Crippen LogP contribution < -0.4 is 4.74 Å². The predicted molar refractivity (Wildman–Crippen MR) is 76.8 cm³/mol. The summed E-state index contributed by atoms with van der Waals surface area (Å²) >= 11 is 0. The molecule has 0 amide bonds. The standard InChI is InChI=1S/C16H23F3O2/c1-10-7-11(2)13(21-6)12(8-10)14(3,4)9-15(5,20)16(17,18)19/h7-8,20H,9H2,1-6H3. The van der Waals surface area contributed by atoms with E-state index in [1.807, 2.05) is 26.0 Å². The highest BCUT2D eigenvalue weighted by Gasteiger charge is 2.52. The van der Waals surface area contributed by atoms with Crippen LogP contribution in [-0.4, -0.2) is 24.0 Å². The first-order valence-corrected chi connectivity index (χ1v) is 6.76. The van der Waals surface area contributed by atoms with Crippen LogP contribution in [0, 0.1) is 13.8 Å². The van der Waals surface area contributed by atoms with Crippen LogP contribution in [0.2, 0.25) is 0 Å². The van der Waals surface area contributed by atoms with E-state index in [9.17, 15) is 18.3 Å². The Labute approximate surface area is 123 Å². The number of halogens is 3. The van der Waals surface area contributed by atoms with Crippen LogP contribution in [0.5, 0.6) is 5.75 Å². The lowest BCUT2D eigenvalue weighted by Crippen LogP contribution is -2.46. The van der Waals surface area contributed by atoms with Crippen molar-refractivity contribution in [3.8, 4) is 5.75 Å². The summed E-state index contributed by atoms with van der Waals surface area (Å²) in [6.07, 6.45) is -5.11. The molecule has 0 aromatic heterocycles. The predicted octanol–water partition coefficient (Wildman–Crippen LogP) is 4.29. The molecule has 0 radical (unpaired) electrons. The zero-order valence-corrected chi connectivity index (χ0v) is 13.4. The van der Waals surface area contributed by atoms with Gasteiger partial charge < -0.3 is 9.84 Å². The van der Waals surface area contributed by atoms with Gasteiger partial charge in [0.15, 0.2) is 5.60 Å². The van der Waals surface area contributed by atoms with Crippen molar-refractivity contribution >= 4 is 0 Å². The van der Waals surface area contributed by atoms with Crippen LogP contribution in [0.25, 0.3) is 0 Å². The van der Waals surface area contributed by atoms with Gasteiger partial charge in [-0.05, 0) is 38.2 Å². The summed E-state index contributed by atoms with van der Waals surface area (Å²) in [5, 5.41) is 9.78. The van der Waals surface area contributed by atoms with Crippen LogP contribution in [0.3, 0.4) is 0 Å². The lowest BCUT2D eigenvalue weighted by molar-refractivity contribution is -0.259. The van der Waals surface area contributed by atoms with Crippen molar-refractivity contribution in [3.05, 3.63) is 28.8 Å². The van der Waals surface area contributed by atoms with Gasteiger partial charge in [-0.1, -0.05) is 31.5 Å². The molecule has 0 fully saturated rings. The van der Waals surface area contributed by atoms with E-state index >= 15 is 0 Å². The van der Waals surface area contributed by atoms with E-state index in [2.05, 4.69) is 0 Å². The van der Waals surface area contributed by atoms with Gasteiger partial charge in [0.2, 0.25) is 0 Å². The lowest BCUT2D eigenvalue weighted by Gasteiger charge is -2.36. The number of aryl methyl sites for hydroxylation is 2. The second kappa shape index (κ2) is 5.52. The van der Waals surface area contributed by atoms with Crippen molar-refractivity contribution in [1.29, 1.82) is 0 Å². The number of hydrogen-bond acceptors (Lipinski definition) is 2. The van der Waals surface area contributed by atoms with Gasteiger partial charge in [0.25, 0.3) is 0 Å². The van der Waals surface area contributed by atoms with E-state index in [1.165, 1.54) is 7.11 Å². The van der Waals surface area contributed by atoms with Crippen LogP contribution in [-0.2, 0) is 5.41 Å². The van der Waals surface area contributed by atoms with Gasteiger partial charge in [-0.2, -0.15) is 13.2 Å². The Morgan fingerprint density at radius 3 is 2.05 bits per heavy atom. The van der Waals surface area contributed by atoms with Crippen LogP contribution in [0.15, 0.2) is 12.1 Å². The lowest BCUT2D eigenvalue weighted by atomic mass is 9.74. The van der Waals surface area contributed by atoms with Crippen LogP contribution >= 0.6 is 0 Å². The number of methoxy groups -OCH3 is 1. The van der Waals surface area contributed by atoms with Crippen molar-refractivity contribution in [2.24, 2.45) is 0 Å². The Bertz CT molecular complexity index is 517. The summed E-state index contributed by atoms with van der Waals surface area (Å²) in [5.41, 5.74) is -1.15. The highest BCUT2D eigenvalue weighted by Crippen LogP contribution is 2.44. The molecule has 1 N–H and O–H groups in total. The van der Waals surface area contributed by atoms with Crippen molar-refractivity contribution in [1.82, 2.24) is 0 Å². The molecule has 0 saturated heterocycles. The molecule has 0 spiro atoms. The molecule has 5 heteroatoms. The maximum Gasteiger partial charge on any atom is 0.416 e. The molecule has 0 heterocycles. The molecule has 0 aliphatic heterocycles. The first-order chi connectivity index (χ1) is 9.32. The fourth-order valence-electron chi connectivity index (χ4n) is 2.78. The number of hydrogen-bond donors (Lipinski definition) is 1. The Balaban J connectivity index is 3.32. The summed E-state index contributed by atoms with van der Waals surface area (Å²) < 4.78 is 44.2. The molecule has 1 aromatic rings. The first-order valence-electron chi connectivity index (χ1n) is 6.76. The minimum Gasteiger partial charge on any atom is -0.496 e. The minimum atomic E-state index is -4.67. The average Bonchev–Trinajstić information content (AvgIpc) is 2.24. The third-order valence-electron chi connectivity index (χ3n) is 3.75. The molecule has 1 atom stereocenters. The van der Waals surface area contributed by atoms with Crippen molar-refractivity contribution < 1.29 is 23.0 Å². The zero-order chi connectivity index (χ0) is 16.6. The fraction of sp³-hybridized carbons (Fsp3) is 0.625. The van der Waals surface area contributed by atoms with Gasteiger partial charge in [-0.3, -0.25) is 0 Å². The summed E-state index contributed by atoms with van der Waals surface area (Å²) in [7, 11) is 1.50. The summed E-state index contributed by atoms with van der Waals surface area (Å²) in [5.74, 6) is 0.573. The normalized spacial score (nSPS) is 15.7. The highest BCUT2D eigenvalue weighted by molar-refractivity contribution is 5.47. The monoisotopic (exact) mass is 304 g/mol. The number of aliphatic hydroxyl groups is 1. The molecule has 1 aromatic carbocycles. The molecule has 120 valence electrons. The topological polar surface area (TPSA) is 29.5 Å². The molecule has 1 rings (SSSR count). The molecular weight excluding hydrogens is 281 g/mol. The SMILES string of the molecule is COc1c(C)cc(C)cc1C(C)(C)CC(C)(O)C(F)(F)F. The van der Waals surface area contributed by atoms with Crippen molar-refractivity contribution in [3.63, 3.8) is 0 Å². The quantitative estimate of drug-likeness (QED) is 0.899. The molecule has 1 unspecified atom stereocenters. The largest absolute Gasteiger partial charge is 0.496 e. The van der Waals surface area contributed by atoms with E-state index in [4.69, 9.17) is 4.74 Å². The fourth-order valence-corrected chi connectivity index (χ4v) is 2.78. The van der Waals surface area contributed by atoms with E-state index in [1.54, 1.807) is 13.8 Å². The van der Waals surface area contributed by atoms with Gasteiger partial charge in [-0.25, -0.2) is 0 Å². The minimum absolute atomic E-state index is 0.442. The van der Waals surface area contributed by atoms with E-state index in [-0.39, 0.29) is 0 Å². The van der Waals surface area contributed by atoms with E-state index < -0.39 is 23.6 Å². The summed E-state index contributed by atoms with van der Waals surface area (Å²) in [6.45, 7) is 7.92. The Kier molecular flexibility index (Phi) is 4.68. The first kappa shape index (κ1) is 17.8. The maximum atomic E-state index is 12.9. The van der Waals surface area contributed by atoms with Gasteiger partial charge in [0.05, 0.1) is 7.11 Å². The van der Waals surface area contributed by atoms with Gasteiger partial charge in [0, 0.05) is 5.56 Å². The number of alkyl halides is 3. The summed E-state index contributed by atoms with van der Waals surface area (Å²) in [6, 6.07) is 3.73. The number of ether oxygens (including phenoxy) is 1. The number of benzene rings is 1. The van der Waals surface area contributed by atoms with E-state index in [0.29, 0.717) is 11.3 Å². The van der Waals surface area contributed by atoms with E-state index in [0.717, 1.165) is 18.1 Å². The third-order valence-corrected chi connectivity index (χ3v) is 3.75. The molecule has 0 aliphatic rings. The molecule has 0 aliphatic carbocycles. The van der Waals surface area contributed by atoms with Crippen LogP contribution in [0.4, 0.5) is 13.2 Å². The second-order valence-corrected chi connectivity index (χ2v) is 6.49. The smallest absolute Gasteiger partial charge is 0.416 e. The summed E-state index contributed by atoms with van der Waals surface area (Å²) in [4.78, 5) is 0. The highest BCUT2D eigenvalue weighted by atomic mass is 19.4. The van der Waals surface area contributed by atoms with Gasteiger partial charge in [0.1, 0.15) is 5.75 Å². The van der Waals surface area contributed by atoms with Gasteiger partial charge in [-0.15, -0.1) is 0 Å². The third kappa shape index (κ3) is 3.70. The maximum absolute atomic E-state index is 12.9. The average molecular weight is 304 g/mol.